The van der Waals surface area contributed by atoms with Gasteiger partial charge in [0.15, 0.2) is 0 Å². The van der Waals surface area contributed by atoms with E-state index in [1.54, 1.807) is 34.1 Å². The van der Waals surface area contributed by atoms with Gasteiger partial charge in [-0.2, -0.15) is 0 Å². The van der Waals surface area contributed by atoms with Crippen LogP contribution in [0.15, 0.2) is 24.3 Å². The molecule has 2 amide bonds. The van der Waals surface area contributed by atoms with Crippen LogP contribution in [0, 0.1) is 0 Å². The number of aliphatic hydroxyl groups excluding tert-OH is 2. The molecule has 30 heavy (non-hydrogen) atoms. The van der Waals surface area contributed by atoms with Gasteiger partial charge in [0, 0.05) is 36.3 Å². The molecule has 2 N–H and O–H groups in total. The van der Waals surface area contributed by atoms with Gasteiger partial charge < -0.3 is 20.0 Å². The van der Waals surface area contributed by atoms with Gasteiger partial charge in [-0.1, -0.05) is 44.6 Å². The number of aliphatic hydroxyl groups is 2. The summed E-state index contributed by atoms with van der Waals surface area (Å²) in [6.07, 6.45) is 10.7. The van der Waals surface area contributed by atoms with E-state index in [1.165, 1.54) is 12.8 Å². The Balaban J connectivity index is 1.78. The third kappa shape index (κ3) is 5.61. The molecule has 166 valence electrons. The summed E-state index contributed by atoms with van der Waals surface area (Å²) in [4.78, 5) is 30.1. The Hall–Kier alpha value is -1.92. The molecule has 6 heteroatoms. The van der Waals surface area contributed by atoms with Crippen LogP contribution in [0.3, 0.4) is 0 Å². The Morgan fingerprint density at radius 1 is 0.733 bits per heavy atom. The molecule has 0 spiro atoms. The highest BCUT2D eigenvalue weighted by Crippen LogP contribution is 2.26. The van der Waals surface area contributed by atoms with E-state index in [0.717, 1.165) is 51.4 Å². The average molecular weight is 417 g/mol. The molecule has 6 nitrogen and oxygen atoms in total. The molecule has 0 heterocycles. The maximum absolute atomic E-state index is 13.3. The average Bonchev–Trinajstić information content (AvgIpc) is 2.81. The highest BCUT2D eigenvalue weighted by molar-refractivity contribution is 6.00. The van der Waals surface area contributed by atoms with E-state index in [-0.39, 0.29) is 37.1 Å². The Morgan fingerprint density at radius 3 is 1.50 bits per heavy atom. The summed E-state index contributed by atoms with van der Waals surface area (Å²) in [6.45, 7) is 0.514. The fraction of sp³-hybridized carbons (Fsp3) is 0.667. The van der Waals surface area contributed by atoms with Gasteiger partial charge in [-0.25, -0.2) is 0 Å². The van der Waals surface area contributed by atoms with Crippen molar-refractivity contribution in [2.24, 2.45) is 0 Å². The number of amides is 2. The van der Waals surface area contributed by atoms with Crippen LogP contribution in [0.2, 0.25) is 0 Å². The number of nitrogens with zero attached hydrogens (tertiary/aromatic N) is 2. The van der Waals surface area contributed by atoms with E-state index in [4.69, 9.17) is 0 Å². The van der Waals surface area contributed by atoms with Crippen LogP contribution in [-0.2, 0) is 0 Å². The smallest absolute Gasteiger partial charge is 0.254 e. The summed E-state index contributed by atoms with van der Waals surface area (Å²) in [6, 6.07) is 7.27. The van der Waals surface area contributed by atoms with E-state index in [2.05, 4.69) is 0 Å². The normalized spacial score (nSPS) is 18.2. The number of carbonyl (C=O) groups is 2. The summed E-state index contributed by atoms with van der Waals surface area (Å²) in [5.74, 6) is -0.228. The molecule has 0 radical (unpaired) electrons. The molecule has 0 atom stereocenters. The number of rotatable bonds is 8. The summed E-state index contributed by atoms with van der Waals surface area (Å²) >= 11 is 0. The second-order valence-corrected chi connectivity index (χ2v) is 8.61. The highest BCUT2D eigenvalue weighted by atomic mass is 16.3. The van der Waals surface area contributed by atoms with Gasteiger partial charge >= 0.3 is 0 Å². The van der Waals surface area contributed by atoms with Crippen molar-refractivity contribution in [1.29, 1.82) is 0 Å². The number of hydrogen-bond donors (Lipinski definition) is 2. The summed E-state index contributed by atoms with van der Waals surface area (Å²) in [5, 5.41) is 19.0. The Morgan fingerprint density at radius 2 is 1.13 bits per heavy atom. The van der Waals surface area contributed by atoms with Crippen LogP contribution >= 0.6 is 0 Å². The minimum atomic E-state index is -0.114. The first kappa shape index (κ1) is 22.8. The van der Waals surface area contributed by atoms with Gasteiger partial charge in [0.05, 0.1) is 13.2 Å². The molecule has 1 aromatic carbocycles. The van der Waals surface area contributed by atoms with Crippen molar-refractivity contribution in [3.05, 3.63) is 35.4 Å². The molecule has 2 saturated carbocycles. The van der Waals surface area contributed by atoms with Gasteiger partial charge in [0.1, 0.15) is 0 Å². The monoisotopic (exact) mass is 416 g/mol. The molecule has 0 aromatic heterocycles. The summed E-state index contributed by atoms with van der Waals surface area (Å²) in [5.41, 5.74) is 0.986. The van der Waals surface area contributed by atoms with Crippen molar-refractivity contribution in [2.45, 2.75) is 76.3 Å². The van der Waals surface area contributed by atoms with Gasteiger partial charge in [0.25, 0.3) is 11.8 Å². The molecular formula is C24H36N2O4. The number of hydrogen-bond acceptors (Lipinski definition) is 4. The van der Waals surface area contributed by atoms with Gasteiger partial charge in [0.2, 0.25) is 0 Å². The number of carbonyl (C=O) groups excluding carboxylic acids is 2. The highest BCUT2D eigenvalue weighted by Gasteiger charge is 2.28. The Labute approximate surface area is 179 Å². The lowest BCUT2D eigenvalue weighted by Crippen LogP contribution is -2.44. The zero-order chi connectivity index (χ0) is 21.3. The van der Waals surface area contributed by atoms with Crippen LogP contribution in [0.5, 0.6) is 0 Å². The molecule has 0 saturated heterocycles. The lowest BCUT2D eigenvalue weighted by Gasteiger charge is -2.35. The third-order valence-electron chi connectivity index (χ3n) is 6.59. The molecule has 0 bridgehead atoms. The van der Waals surface area contributed by atoms with Gasteiger partial charge in [-0.15, -0.1) is 0 Å². The van der Waals surface area contributed by atoms with E-state index in [1.807, 2.05) is 0 Å². The molecule has 2 aliphatic rings. The minimum Gasteiger partial charge on any atom is -0.395 e. The van der Waals surface area contributed by atoms with E-state index < -0.39 is 0 Å². The third-order valence-corrected chi connectivity index (χ3v) is 6.59. The maximum Gasteiger partial charge on any atom is 0.254 e. The maximum atomic E-state index is 13.3. The zero-order valence-electron chi connectivity index (χ0n) is 18.0. The predicted molar refractivity (Wildman–Crippen MR) is 116 cm³/mol. The van der Waals surface area contributed by atoms with Crippen molar-refractivity contribution in [3.8, 4) is 0 Å². The molecule has 0 unspecified atom stereocenters. The first-order valence-corrected chi connectivity index (χ1v) is 11.6. The lowest BCUT2D eigenvalue weighted by molar-refractivity contribution is 0.0582. The van der Waals surface area contributed by atoms with Crippen molar-refractivity contribution in [3.63, 3.8) is 0 Å². The van der Waals surface area contributed by atoms with E-state index in [0.29, 0.717) is 24.2 Å². The Bertz CT molecular complexity index is 641. The zero-order valence-corrected chi connectivity index (χ0v) is 18.0. The summed E-state index contributed by atoms with van der Waals surface area (Å²) in [7, 11) is 0. The summed E-state index contributed by atoms with van der Waals surface area (Å²) < 4.78 is 0. The standard InChI is InChI=1S/C24H36N2O4/c27-16-14-25(21-10-3-1-4-11-21)23(29)19-8-7-9-20(18-19)24(30)26(15-17-28)22-12-5-2-6-13-22/h7-9,18,21-22,27-28H,1-6,10-17H2. The predicted octanol–water partition coefficient (Wildman–Crippen LogP) is 3.22. The molecule has 0 aliphatic heterocycles. The van der Waals surface area contributed by atoms with Crippen molar-refractivity contribution >= 4 is 11.8 Å². The van der Waals surface area contributed by atoms with E-state index >= 15 is 0 Å². The number of benzene rings is 1. The molecule has 3 rings (SSSR count). The van der Waals surface area contributed by atoms with Crippen LogP contribution in [0.25, 0.3) is 0 Å². The van der Waals surface area contributed by atoms with Crippen molar-refractivity contribution in [1.82, 2.24) is 9.80 Å². The van der Waals surface area contributed by atoms with Gasteiger partial charge in [-0.3, -0.25) is 9.59 Å². The van der Waals surface area contributed by atoms with Gasteiger partial charge in [-0.05, 0) is 43.9 Å². The second kappa shape index (κ2) is 11.5. The topological polar surface area (TPSA) is 81.1 Å². The molecule has 1 aromatic rings. The molecule has 2 aliphatic carbocycles. The first-order valence-electron chi connectivity index (χ1n) is 11.6. The van der Waals surface area contributed by atoms with E-state index in [9.17, 15) is 19.8 Å². The van der Waals surface area contributed by atoms with Crippen LogP contribution in [0.4, 0.5) is 0 Å². The Kier molecular flexibility index (Phi) is 8.70. The van der Waals surface area contributed by atoms with Crippen LogP contribution in [0.1, 0.15) is 84.9 Å². The minimum absolute atomic E-state index is 0.0627. The first-order chi connectivity index (χ1) is 14.7. The molecule has 2 fully saturated rings. The quantitative estimate of drug-likeness (QED) is 0.682. The van der Waals surface area contributed by atoms with Crippen molar-refractivity contribution < 1.29 is 19.8 Å². The largest absolute Gasteiger partial charge is 0.395 e. The van der Waals surface area contributed by atoms with Crippen LogP contribution in [-0.4, -0.2) is 70.2 Å². The fourth-order valence-corrected chi connectivity index (χ4v) is 5.02. The van der Waals surface area contributed by atoms with Crippen LogP contribution < -0.4 is 0 Å². The lowest BCUT2D eigenvalue weighted by atomic mass is 9.93. The SMILES string of the molecule is O=C(c1cccc(C(=O)N(CCO)C2CCCCC2)c1)N(CCO)C1CCCCC1. The van der Waals surface area contributed by atoms with Crippen molar-refractivity contribution in [2.75, 3.05) is 26.3 Å². The fourth-order valence-electron chi connectivity index (χ4n) is 5.02. The second-order valence-electron chi connectivity index (χ2n) is 8.61. The molecular weight excluding hydrogens is 380 g/mol.